The Bertz CT molecular complexity index is 1150. The summed E-state index contributed by atoms with van der Waals surface area (Å²) in [5.74, 6) is 1.30. The fourth-order valence-corrected chi connectivity index (χ4v) is 5.44. The summed E-state index contributed by atoms with van der Waals surface area (Å²) < 4.78 is 2.16. The van der Waals surface area contributed by atoms with Crippen LogP contribution in [0.5, 0.6) is 0 Å². The average Bonchev–Trinajstić information content (AvgIpc) is 3.41. The quantitative estimate of drug-likeness (QED) is 0.465. The van der Waals surface area contributed by atoms with Gasteiger partial charge < -0.3 is 4.90 Å². The number of anilines is 1. The second-order valence-electron chi connectivity index (χ2n) is 8.37. The highest BCUT2D eigenvalue weighted by atomic mass is 32.1. The Balaban J connectivity index is 1.19. The molecule has 30 heavy (non-hydrogen) atoms. The molecule has 1 aliphatic carbocycles. The van der Waals surface area contributed by atoms with E-state index in [1.165, 1.54) is 37.7 Å². The van der Waals surface area contributed by atoms with Crippen molar-refractivity contribution in [3.05, 3.63) is 53.9 Å². The summed E-state index contributed by atoms with van der Waals surface area (Å²) in [5, 5.41) is 8.93. The zero-order chi connectivity index (χ0) is 19.9. The lowest BCUT2D eigenvalue weighted by atomic mass is 9.96. The van der Waals surface area contributed by atoms with Gasteiger partial charge in [0.15, 0.2) is 10.8 Å². The third-order valence-corrected chi connectivity index (χ3v) is 7.25. The number of benzene rings is 1. The Morgan fingerprint density at radius 1 is 0.933 bits per heavy atom. The van der Waals surface area contributed by atoms with E-state index in [1.54, 1.807) is 11.3 Å². The monoisotopic (exact) mass is 416 g/mol. The van der Waals surface area contributed by atoms with Crippen LogP contribution in [-0.4, -0.2) is 37.8 Å². The molecule has 1 saturated heterocycles. The van der Waals surface area contributed by atoms with Gasteiger partial charge in [0.2, 0.25) is 0 Å². The van der Waals surface area contributed by atoms with Gasteiger partial charge in [-0.15, -0.1) is 11.3 Å². The highest BCUT2D eigenvalue weighted by Gasteiger charge is 2.33. The molecule has 4 aromatic rings. The van der Waals surface area contributed by atoms with Crippen molar-refractivity contribution in [3.63, 3.8) is 0 Å². The maximum Gasteiger partial charge on any atom is 0.185 e. The first-order valence-corrected chi connectivity index (χ1v) is 11.7. The van der Waals surface area contributed by atoms with Crippen LogP contribution in [-0.2, 0) is 0 Å². The molecule has 0 N–H and O–H groups in total. The van der Waals surface area contributed by atoms with E-state index in [4.69, 9.17) is 9.97 Å². The van der Waals surface area contributed by atoms with Crippen LogP contribution in [0, 0.1) is 0 Å². The minimum absolute atomic E-state index is 0.355. The van der Waals surface area contributed by atoms with Gasteiger partial charge in [0.25, 0.3) is 0 Å². The van der Waals surface area contributed by atoms with Gasteiger partial charge in [-0.3, -0.25) is 0 Å². The van der Waals surface area contributed by atoms with Crippen molar-refractivity contribution in [2.45, 2.75) is 44.1 Å². The fourth-order valence-electron chi connectivity index (χ4n) is 4.59. The molecule has 2 aliphatic rings. The Kier molecular flexibility index (Phi) is 4.48. The first kappa shape index (κ1) is 18.0. The molecule has 2 fully saturated rings. The second-order valence-corrected chi connectivity index (χ2v) is 9.21. The number of hydrogen-bond donors (Lipinski definition) is 0. The smallest absolute Gasteiger partial charge is 0.185 e. The first-order valence-electron chi connectivity index (χ1n) is 10.8. The standard InChI is InChI=1S/C23H24N6S/c1-3-7-16(8-4-1)20-15-30-23(26-20)28-13-18(14-28)21-24-11-17-12-25-29(22(17)27-21)19-9-5-2-6-10-19/h1,3-4,7-8,11-12,15,18-19H,2,5-6,9-10,13-14H2. The first-order chi connectivity index (χ1) is 14.8. The minimum atomic E-state index is 0.355. The fraction of sp³-hybridized carbons (Fsp3) is 0.391. The van der Waals surface area contributed by atoms with Crippen LogP contribution in [0.1, 0.15) is 49.9 Å². The maximum absolute atomic E-state index is 4.96. The summed E-state index contributed by atoms with van der Waals surface area (Å²) in [6.45, 7) is 1.84. The van der Waals surface area contributed by atoms with E-state index in [1.807, 2.05) is 18.5 Å². The van der Waals surface area contributed by atoms with Crippen molar-refractivity contribution >= 4 is 27.5 Å². The van der Waals surface area contributed by atoms with Crippen molar-refractivity contribution < 1.29 is 0 Å². The molecule has 0 amide bonds. The third kappa shape index (κ3) is 3.17. The van der Waals surface area contributed by atoms with Crippen LogP contribution in [0.25, 0.3) is 22.3 Å². The molecule has 6 rings (SSSR count). The van der Waals surface area contributed by atoms with Gasteiger partial charge in [-0.1, -0.05) is 49.6 Å². The lowest BCUT2D eigenvalue weighted by Crippen LogP contribution is -2.45. The number of nitrogens with zero attached hydrogens (tertiary/aromatic N) is 6. The van der Waals surface area contributed by atoms with E-state index in [0.29, 0.717) is 12.0 Å². The van der Waals surface area contributed by atoms with Crippen LogP contribution in [0.4, 0.5) is 5.13 Å². The molecule has 1 saturated carbocycles. The molecular formula is C23H24N6S. The molecule has 6 nitrogen and oxygen atoms in total. The Labute approximate surface area is 179 Å². The van der Waals surface area contributed by atoms with Gasteiger partial charge in [-0.05, 0) is 12.8 Å². The SMILES string of the molecule is c1ccc(-c2csc(N3CC(c4ncc5cnn(C6CCCCC6)c5n4)C3)n2)cc1. The Hall–Kier alpha value is -2.80. The van der Waals surface area contributed by atoms with Crippen LogP contribution in [0.3, 0.4) is 0 Å². The van der Waals surface area contributed by atoms with Gasteiger partial charge in [0.1, 0.15) is 5.82 Å². The summed E-state index contributed by atoms with van der Waals surface area (Å²) in [6, 6.07) is 10.9. The van der Waals surface area contributed by atoms with Crippen molar-refractivity contribution in [2.75, 3.05) is 18.0 Å². The van der Waals surface area contributed by atoms with Crippen LogP contribution < -0.4 is 4.90 Å². The number of hydrogen-bond acceptors (Lipinski definition) is 6. The van der Waals surface area contributed by atoms with Gasteiger partial charge in [-0.2, -0.15) is 5.10 Å². The van der Waals surface area contributed by atoms with Crippen LogP contribution >= 0.6 is 11.3 Å². The van der Waals surface area contributed by atoms with Gasteiger partial charge >= 0.3 is 0 Å². The number of thiazole rings is 1. The maximum atomic E-state index is 4.96. The van der Waals surface area contributed by atoms with E-state index in [0.717, 1.165) is 40.8 Å². The van der Waals surface area contributed by atoms with Gasteiger partial charge in [0.05, 0.1) is 29.2 Å². The van der Waals surface area contributed by atoms with Crippen LogP contribution in [0.15, 0.2) is 48.1 Å². The van der Waals surface area contributed by atoms with E-state index in [9.17, 15) is 0 Å². The predicted molar refractivity (Wildman–Crippen MR) is 120 cm³/mol. The zero-order valence-corrected chi connectivity index (χ0v) is 17.6. The van der Waals surface area contributed by atoms with Crippen molar-refractivity contribution in [2.24, 2.45) is 0 Å². The molecule has 1 aliphatic heterocycles. The van der Waals surface area contributed by atoms with Crippen molar-refractivity contribution in [1.29, 1.82) is 0 Å². The summed E-state index contributed by atoms with van der Waals surface area (Å²) in [7, 11) is 0. The summed E-state index contributed by atoms with van der Waals surface area (Å²) in [4.78, 5) is 16.8. The van der Waals surface area contributed by atoms with Crippen LogP contribution in [0.2, 0.25) is 0 Å². The molecule has 3 aromatic heterocycles. The Morgan fingerprint density at radius 3 is 2.60 bits per heavy atom. The largest absolute Gasteiger partial charge is 0.346 e. The number of aromatic nitrogens is 5. The summed E-state index contributed by atoms with van der Waals surface area (Å²) in [5.41, 5.74) is 3.22. The highest BCUT2D eigenvalue weighted by Crippen LogP contribution is 2.35. The predicted octanol–water partition coefficient (Wildman–Crippen LogP) is 5.06. The summed E-state index contributed by atoms with van der Waals surface area (Å²) in [6.07, 6.45) is 10.2. The summed E-state index contributed by atoms with van der Waals surface area (Å²) >= 11 is 1.71. The zero-order valence-electron chi connectivity index (χ0n) is 16.8. The van der Waals surface area contributed by atoms with Crippen molar-refractivity contribution in [3.8, 4) is 11.3 Å². The molecular weight excluding hydrogens is 392 g/mol. The lowest BCUT2D eigenvalue weighted by molar-refractivity contribution is 0.335. The van der Waals surface area contributed by atoms with E-state index in [-0.39, 0.29) is 0 Å². The molecule has 152 valence electrons. The molecule has 4 heterocycles. The topological polar surface area (TPSA) is 59.7 Å². The molecule has 0 unspecified atom stereocenters. The molecule has 0 atom stereocenters. The van der Waals surface area contributed by atoms with E-state index >= 15 is 0 Å². The number of rotatable bonds is 4. The molecule has 0 spiro atoms. The van der Waals surface area contributed by atoms with E-state index < -0.39 is 0 Å². The van der Waals surface area contributed by atoms with Gasteiger partial charge in [-0.25, -0.2) is 19.6 Å². The molecule has 0 radical (unpaired) electrons. The van der Waals surface area contributed by atoms with Gasteiger partial charge in [0, 0.05) is 30.2 Å². The lowest BCUT2D eigenvalue weighted by Gasteiger charge is -2.38. The van der Waals surface area contributed by atoms with E-state index in [2.05, 4.69) is 49.3 Å². The second kappa shape index (κ2) is 7.47. The number of fused-ring (bicyclic) bond motifs is 1. The average molecular weight is 417 g/mol. The normalized spacial score (nSPS) is 18.1. The molecule has 7 heteroatoms. The van der Waals surface area contributed by atoms with Crippen molar-refractivity contribution in [1.82, 2.24) is 24.7 Å². The Morgan fingerprint density at radius 2 is 1.77 bits per heavy atom. The third-order valence-electron chi connectivity index (χ3n) is 6.35. The highest BCUT2D eigenvalue weighted by molar-refractivity contribution is 7.14. The molecule has 0 bridgehead atoms. The molecule has 1 aromatic carbocycles. The minimum Gasteiger partial charge on any atom is -0.346 e.